The van der Waals surface area contributed by atoms with Gasteiger partial charge in [-0.3, -0.25) is 9.97 Å². The van der Waals surface area contributed by atoms with Crippen LogP contribution in [-0.2, 0) is 38.1 Å². The molecule has 3 aliphatic rings. The summed E-state index contributed by atoms with van der Waals surface area (Å²) < 4.78 is 21.1. The molecule has 2 aromatic carbocycles. The number of hydrogen-bond acceptors (Lipinski definition) is 16. The number of ether oxygens (including phenoxy) is 4. The van der Waals surface area contributed by atoms with E-state index in [9.17, 15) is 29.4 Å². The van der Waals surface area contributed by atoms with E-state index < -0.39 is 72.1 Å². The Labute approximate surface area is 309 Å². The average molecular weight is 743 g/mol. The van der Waals surface area contributed by atoms with E-state index in [2.05, 4.69) is 31.2 Å². The molecule has 0 radical (unpaired) electrons. The lowest BCUT2D eigenvalue weighted by atomic mass is 9.64. The number of rotatable bonds is 10. The van der Waals surface area contributed by atoms with Crippen molar-refractivity contribution in [2.45, 2.75) is 75.9 Å². The van der Waals surface area contributed by atoms with Gasteiger partial charge in [-0.05, 0) is 39.8 Å². The molecule has 2 aromatic heterocycles. The number of carbonyl (C=O) groups excluding carboxylic acids is 4. The SMILES string of the molecule is CCOC(=O)C1Nc2cccc3c(C4C(O)C(c5ncc6c7c(cccc57)NC(C(=O)OCC)C(C(=O)OCC)N6)C4O)ncc(c23)NC1C(=O)OCC. The maximum Gasteiger partial charge on any atom is 0.331 e. The van der Waals surface area contributed by atoms with Gasteiger partial charge in [0.25, 0.3) is 0 Å². The minimum Gasteiger partial charge on any atom is -0.464 e. The molecular formula is C38H42N6O10. The summed E-state index contributed by atoms with van der Waals surface area (Å²) in [6.45, 7) is 7.12. The van der Waals surface area contributed by atoms with Crippen LogP contribution < -0.4 is 21.3 Å². The lowest BCUT2D eigenvalue weighted by Crippen LogP contribution is -2.52. The van der Waals surface area contributed by atoms with E-state index in [1.165, 1.54) is 12.4 Å². The van der Waals surface area contributed by atoms with Gasteiger partial charge in [0.05, 0.1) is 85.6 Å². The molecule has 0 saturated heterocycles. The topological polar surface area (TPSA) is 220 Å². The second kappa shape index (κ2) is 14.9. The van der Waals surface area contributed by atoms with Crippen LogP contribution in [0.5, 0.6) is 0 Å². The Hall–Kier alpha value is -5.74. The third-order valence-corrected chi connectivity index (χ3v) is 10.1. The number of nitrogens with one attached hydrogen (secondary N) is 4. The standard InChI is InChI=1S/C38H42N6O10/c1-5-51-35(47)29-31(37(49)53-7-3)43-21-15-39-27(17-11-9-13-19(41-29)23(17)21)25-33(45)26(34(25)46)28-18-12-10-14-20-24(18)22(16-40-28)44-32(38(50)54-8-4)30(42-20)36(48)52-6-2/h9-16,25-26,29-34,41-46H,5-8H2,1-4H3. The summed E-state index contributed by atoms with van der Waals surface area (Å²) in [4.78, 5) is 61.7. The van der Waals surface area contributed by atoms with E-state index in [0.717, 1.165) is 0 Å². The van der Waals surface area contributed by atoms with Gasteiger partial charge in [-0.2, -0.15) is 0 Å². The molecule has 1 fully saturated rings. The molecule has 4 heterocycles. The normalized spacial score (nSPS) is 25.3. The third kappa shape index (κ3) is 6.14. The van der Waals surface area contributed by atoms with Crippen LogP contribution in [0.25, 0.3) is 21.5 Å². The molecule has 1 aliphatic carbocycles. The highest BCUT2D eigenvalue weighted by Crippen LogP contribution is 2.52. The van der Waals surface area contributed by atoms with E-state index in [1.54, 1.807) is 64.1 Å². The van der Waals surface area contributed by atoms with Crippen molar-refractivity contribution in [3.63, 3.8) is 0 Å². The molecule has 4 aromatic rings. The highest BCUT2D eigenvalue weighted by molar-refractivity contribution is 6.09. The number of aliphatic hydroxyl groups is 2. The van der Waals surface area contributed by atoms with Crippen LogP contribution in [0.15, 0.2) is 48.8 Å². The van der Waals surface area contributed by atoms with E-state index in [-0.39, 0.29) is 26.4 Å². The Kier molecular flexibility index (Phi) is 10.1. The zero-order chi connectivity index (χ0) is 38.3. The Morgan fingerprint density at radius 1 is 0.537 bits per heavy atom. The number of hydrogen-bond donors (Lipinski definition) is 6. The van der Waals surface area contributed by atoms with Crippen molar-refractivity contribution in [2.24, 2.45) is 0 Å². The number of aromatic nitrogens is 2. The van der Waals surface area contributed by atoms with Gasteiger partial charge in [0.15, 0.2) is 24.2 Å². The molecule has 0 amide bonds. The van der Waals surface area contributed by atoms with Crippen LogP contribution in [0.2, 0.25) is 0 Å². The van der Waals surface area contributed by atoms with Crippen LogP contribution in [0.4, 0.5) is 22.7 Å². The first-order chi connectivity index (χ1) is 26.1. The number of benzene rings is 2. The molecule has 0 spiro atoms. The molecule has 54 heavy (non-hydrogen) atoms. The van der Waals surface area contributed by atoms with Gasteiger partial charge in [-0.15, -0.1) is 0 Å². The van der Waals surface area contributed by atoms with E-state index in [4.69, 9.17) is 18.9 Å². The Balaban J connectivity index is 1.25. The van der Waals surface area contributed by atoms with Gasteiger partial charge < -0.3 is 50.4 Å². The minimum atomic E-state index is -1.14. The number of pyridine rings is 2. The second-order valence-corrected chi connectivity index (χ2v) is 13.1. The average Bonchev–Trinajstić information content (AvgIpc) is 3.44. The maximum atomic E-state index is 13.1. The smallest absolute Gasteiger partial charge is 0.331 e. The van der Waals surface area contributed by atoms with Crippen molar-refractivity contribution in [3.8, 4) is 0 Å². The Morgan fingerprint density at radius 3 is 1.17 bits per heavy atom. The molecule has 0 bridgehead atoms. The first-order valence-electron chi connectivity index (χ1n) is 18.0. The summed E-state index contributed by atoms with van der Waals surface area (Å²) in [7, 11) is 0. The van der Waals surface area contributed by atoms with Gasteiger partial charge in [-0.25, -0.2) is 19.2 Å². The van der Waals surface area contributed by atoms with Crippen LogP contribution in [0, 0.1) is 0 Å². The van der Waals surface area contributed by atoms with Gasteiger partial charge in [0, 0.05) is 32.9 Å². The summed E-state index contributed by atoms with van der Waals surface area (Å²) in [5.74, 6) is -4.26. The van der Waals surface area contributed by atoms with E-state index in [0.29, 0.717) is 55.7 Å². The van der Waals surface area contributed by atoms with Crippen molar-refractivity contribution in [2.75, 3.05) is 47.7 Å². The predicted molar refractivity (Wildman–Crippen MR) is 197 cm³/mol. The molecule has 4 atom stereocenters. The van der Waals surface area contributed by atoms with Gasteiger partial charge in [0.2, 0.25) is 0 Å². The largest absolute Gasteiger partial charge is 0.464 e. The van der Waals surface area contributed by atoms with Crippen molar-refractivity contribution >= 4 is 68.2 Å². The van der Waals surface area contributed by atoms with Crippen LogP contribution in [-0.4, -0.2) is 107 Å². The van der Waals surface area contributed by atoms with Gasteiger partial charge in [-0.1, -0.05) is 24.3 Å². The highest BCUT2D eigenvalue weighted by Gasteiger charge is 2.53. The Bertz CT molecular complexity index is 1910. The van der Waals surface area contributed by atoms with Crippen LogP contribution in [0.3, 0.4) is 0 Å². The van der Waals surface area contributed by atoms with Crippen molar-refractivity contribution in [1.29, 1.82) is 0 Å². The second-order valence-electron chi connectivity index (χ2n) is 13.1. The first kappa shape index (κ1) is 36.6. The number of aliphatic hydroxyl groups excluding tert-OH is 2. The van der Waals surface area contributed by atoms with Crippen molar-refractivity contribution in [1.82, 2.24) is 9.97 Å². The van der Waals surface area contributed by atoms with Crippen LogP contribution >= 0.6 is 0 Å². The minimum absolute atomic E-state index is 0.105. The van der Waals surface area contributed by atoms with E-state index in [1.807, 2.05) is 0 Å². The third-order valence-electron chi connectivity index (χ3n) is 10.1. The summed E-state index contributed by atoms with van der Waals surface area (Å²) in [6.07, 6.45) is 0.756. The molecule has 4 unspecified atom stereocenters. The molecule has 7 rings (SSSR count). The summed E-state index contributed by atoms with van der Waals surface area (Å²) >= 11 is 0. The lowest BCUT2D eigenvalue weighted by molar-refractivity contribution is -0.151. The van der Waals surface area contributed by atoms with Gasteiger partial charge >= 0.3 is 23.9 Å². The van der Waals surface area contributed by atoms with Crippen molar-refractivity contribution in [3.05, 3.63) is 60.2 Å². The van der Waals surface area contributed by atoms with E-state index >= 15 is 0 Å². The fraction of sp³-hybridized carbons (Fsp3) is 0.421. The fourth-order valence-electron chi connectivity index (χ4n) is 7.70. The molecule has 284 valence electrons. The molecule has 1 saturated carbocycles. The Morgan fingerprint density at radius 2 is 0.852 bits per heavy atom. The first-order valence-corrected chi connectivity index (χ1v) is 18.0. The zero-order valence-corrected chi connectivity index (χ0v) is 30.1. The highest BCUT2D eigenvalue weighted by atomic mass is 16.5. The number of carbonyl (C=O) groups is 4. The number of nitrogens with zero attached hydrogens (tertiary/aromatic N) is 2. The predicted octanol–water partition coefficient (Wildman–Crippen LogP) is 2.79. The van der Waals surface area contributed by atoms with Crippen LogP contribution in [0.1, 0.15) is 50.9 Å². The summed E-state index contributed by atoms with van der Waals surface area (Å²) in [5.41, 5.74) is 2.76. The zero-order valence-electron chi connectivity index (χ0n) is 30.1. The number of anilines is 4. The lowest BCUT2D eigenvalue weighted by Gasteiger charge is -2.46. The maximum absolute atomic E-state index is 13.1. The molecule has 16 heteroatoms. The van der Waals surface area contributed by atoms with Gasteiger partial charge in [0.1, 0.15) is 0 Å². The monoisotopic (exact) mass is 742 g/mol. The quantitative estimate of drug-likeness (QED) is 0.102. The molecule has 16 nitrogen and oxygen atoms in total. The molecular weight excluding hydrogens is 700 g/mol. The summed E-state index contributed by atoms with van der Waals surface area (Å²) in [5, 5.41) is 38.7. The number of esters is 4. The molecule has 2 aliphatic heterocycles. The molecule has 6 N–H and O–H groups in total. The van der Waals surface area contributed by atoms with Crippen molar-refractivity contribution < 1.29 is 48.3 Å². The summed E-state index contributed by atoms with van der Waals surface area (Å²) in [6, 6.07) is 6.11. The fourth-order valence-corrected chi connectivity index (χ4v) is 7.70.